The van der Waals surface area contributed by atoms with Crippen LogP contribution in [0.5, 0.6) is 0 Å². The van der Waals surface area contributed by atoms with Gasteiger partial charge in [0.25, 0.3) is 0 Å². The normalized spacial score (nSPS) is 12.9. The van der Waals surface area contributed by atoms with Gasteiger partial charge in [0, 0.05) is 19.3 Å². The number of allylic oxidation sites excluding steroid dienone is 16. The van der Waals surface area contributed by atoms with E-state index in [1.807, 2.05) is 0 Å². The van der Waals surface area contributed by atoms with E-state index in [1.54, 1.807) is 0 Å². The van der Waals surface area contributed by atoms with Crippen molar-refractivity contribution in [1.82, 2.24) is 0 Å². The predicted octanol–water partition coefficient (Wildman–Crippen LogP) is 17.0. The molecule has 63 heavy (non-hydrogen) atoms. The molecule has 0 aromatic heterocycles. The number of hydrogen-bond donors (Lipinski definition) is 0. The van der Waals surface area contributed by atoms with Crippen molar-refractivity contribution in [3.8, 4) is 0 Å². The molecule has 0 spiro atoms. The van der Waals surface area contributed by atoms with Crippen molar-refractivity contribution in [2.45, 2.75) is 232 Å². The zero-order chi connectivity index (χ0) is 45.8. The van der Waals surface area contributed by atoms with Crippen LogP contribution in [-0.2, 0) is 28.6 Å². The number of unbranched alkanes of at least 4 members (excludes halogenated alkanes) is 18. The van der Waals surface area contributed by atoms with Crippen LogP contribution in [0.2, 0.25) is 0 Å². The quantitative estimate of drug-likeness (QED) is 0.0262. The third-order valence-corrected chi connectivity index (χ3v) is 10.5. The lowest BCUT2D eigenvalue weighted by atomic mass is 10.1. The number of hydrogen-bond acceptors (Lipinski definition) is 6. The third kappa shape index (κ3) is 49.2. The molecule has 0 saturated heterocycles. The van der Waals surface area contributed by atoms with Crippen molar-refractivity contribution in [3.05, 3.63) is 97.2 Å². The van der Waals surface area contributed by atoms with Gasteiger partial charge in [-0.25, -0.2) is 0 Å². The van der Waals surface area contributed by atoms with E-state index in [1.165, 1.54) is 83.5 Å². The molecule has 0 aliphatic carbocycles. The van der Waals surface area contributed by atoms with E-state index in [2.05, 4.69) is 118 Å². The van der Waals surface area contributed by atoms with Crippen molar-refractivity contribution in [2.24, 2.45) is 0 Å². The second-order valence-electron chi connectivity index (χ2n) is 16.7. The Kier molecular flexibility index (Phi) is 48.0. The summed E-state index contributed by atoms with van der Waals surface area (Å²) in [5, 5.41) is 0. The van der Waals surface area contributed by atoms with E-state index in [0.717, 1.165) is 89.9 Å². The average molecular weight is 875 g/mol. The Balaban J connectivity index is 4.45. The minimum absolute atomic E-state index is 0.115. The molecule has 0 aliphatic heterocycles. The van der Waals surface area contributed by atoms with Crippen molar-refractivity contribution in [1.29, 1.82) is 0 Å². The summed E-state index contributed by atoms with van der Waals surface area (Å²) in [6.07, 6.45) is 66.9. The van der Waals surface area contributed by atoms with Gasteiger partial charge >= 0.3 is 17.9 Å². The van der Waals surface area contributed by atoms with E-state index >= 15 is 0 Å². The van der Waals surface area contributed by atoms with Gasteiger partial charge in [0.2, 0.25) is 0 Å². The molecule has 0 N–H and O–H groups in total. The summed E-state index contributed by atoms with van der Waals surface area (Å²) in [4.78, 5) is 37.8. The maximum atomic E-state index is 12.8. The van der Waals surface area contributed by atoms with Crippen LogP contribution in [0.1, 0.15) is 226 Å². The van der Waals surface area contributed by atoms with Crippen LogP contribution in [0, 0.1) is 0 Å². The highest BCUT2D eigenvalue weighted by Gasteiger charge is 2.19. The molecule has 0 fully saturated rings. The Bertz CT molecular complexity index is 1280. The largest absolute Gasteiger partial charge is 0.462 e. The standard InChI is InChI=1S/C57H94O6/c1-4-7-10-13-16-19-21-23-25-27-28-30-31-33-35-38-41-44-47-50-56(59)62-53-54(52-61-55(58)49-46-43-40-37-18-15-12-9-6-3)63-57(60)51-48-45-42-39-36-34-32-29-26-24-22-20-17-14-11-8-5-2/h7,10,16,19,23-26,28,30,32,34,37,39-40,42,54H,4-6,8-9,11-15,17-18,20-22,27,29,31,33,35-36,38,41,43-53H2,1-3H3/b10-7-,19-16-,25-23-,26-24-,30-28-,34-32-,40-37-,42-39-. The van der Waals surface area contributed by atoms with Crippen molar-refractivity contribution >= 4 is 17.9 Å². The van der Waals surface area contributed by atoms with Gasteiger partial charge in [0.1, 0.15) is 13.2 Å². The Morgan fingerprint density at radius 2 is 0.635 bits per heavy atom. The Hall–Kier alpha value is -3.67. The minimum Gasteiger partial charge on any atom is -0.462 e. The molecule has 1 atom stereocenters. The number of carbonyl (C=O) groups is 3. The van der Waals surface area contributed by atoms with Crippen molar-refractivity contribution in [3.63, 3.8) is 0 Å². The van der Waals surface area contributed by atoms with Crippen LogP contribution in [0.4, 0.5) is 0 Å². The summed E-state index contributed by atoms with van der Waals surface area (Å²) in [6.45, 7) is 6.39. The van der Waals surface area contributed by atoms with Crippen LogP contribution in [-0.4, -0.2) is 37.2 Å². The van der Waals surface area contributed by atoms with Gasteiger partial charge in [0.15, 0.2) is 6.10 Å². The molecule has 0 aromatic carbocycles. The topological polar surface area (TPSA) is 78.9 Å². The van der Waals surface area contributed by atoms with Gasteiger partial charge in [-0.15, -0.1) is 0 Å². The highest BCUT2D eigenvalue weighted by Crippen LogP contribution is 2.12. The monoisotopic (exact) mass is 875 g/mol. The predicted molar refractivity (Wildman–Crippen MR) is 270 cm³/mol. The SMILES string of the molecule is CC/C=C\C/C=C\C/C=C\C/C=C\CCCCCCCCC(=O)OCC(COC(=O)CCC/C=C\CCCCCC)OC(=O)CCC/C=C\C/C=C\C/C=C\CCCCCCCC. The Morgan fingerprint density at radius 1 is 0.333 bits per heavy atom. The first-order valence-electron chi connectivity index (χ1n) is 25.7. The molecule has 0 aliphatic rings. The van der Waals surface area contributed by atoms with Crippen molar-refractivity contribution < 1.29 is 28.6 Å². The molecule has 0 rings (SSSR count). The number of esters is 3. The molecule has 358 valence electrons. The summed E-state index contributed by atoms with van der Waals surface area (Å²) in [6, 6.07) is 0. The van der Waals surface area contributed by atoms with E-state index in [4.69, 9.17) is 14.2 Å². The maximum Gasteiger partial charge on any atom is 0.306 e. The van der Waals surface area contributed by atoms with E-state index in [-0.39, 0.29) is 37.5 Å². The zero-order valence-corrected chi connectivity index (χ0v) is 40.8. The Morgan fingerprint density at radius 3 is 1.06 bits per heavy atom. The first-order valence-corrected chi connectivity index (χ1v) is 25.7. The van der Waals surface area contributed by atoms with E-state index in [0.29, 0.717) is 25.7 Å². The summed E-state index contributed by atoms with van der Waals surface area (Å²) in [5.74, 6) is -1.02. The van der Waals surface area contributed by atoms with Crippen molar-refractivity contribution in [2.75, 3.05) is 13.2 Å². The number of rotatable bonds is 45. The lowest BCUT2D eigenvalue weighted by Gasteiger charge is -2.18. The summed E-state index contributed by atoms with van der Waals surface area (Å²) in [7, 11) is 0. The average Bonchev–Trinajstić information content (AvgIpc) is 3.28. The summed E-state index contributed by atoms with van der Waals surface area (Å²) >= 11 is 0. The first-order chi connectivity index (χ1) is 31.0. The minimum atomic E-state index is -0.820. The van der Waals surface area contributed by atoms with Crippen LogP contribution in [0.15, 0.2) is 97.2 Å². The van der Waals surface area contributed by atoms with Gasteiger partial charge < -0.3 is 14.2 Å². The zero-order valence-electron chi connectivity index (χ0n) is 40.8. The van der Waals surface area contributed by atoms with Gasteiger partial charge in [-0.05, 0) is 109 Å². The van der Waals surface area contributed by atoms with Gasteiger partial charge in [-0.2, -0.15) is 0 Å². The molecular formula is C57H94O6. The molecule has 1 unspecified atom stereocenters. The molecule has 0 bridgehead atoms. The molecule has 0 heterocycles. The number of carbonyl (C=O) groups excluding carboxylic acids is 3. The molecule has 6 nitrogen and oxygen atoms in total. The fraction of sp³-hybridized carbons (Fsp3) is 0.667. The van der Waals surface area contributed by atoms with Crippen LogP contribution in [0.3, 0.4) is 0 Å². The van der Waals surface area contributed by atoms with Gasteiger partial charge in [-0.1, -0.05) is 195 Å². The lowest BCUT2D eigenvalue weighted by molar-refractivity contribution is -0.167. The smallest absolute Gasteiger partial charge is 0.306 e. The summed E-state index contributed by atoms with van der Waals surface area (Å²) in [5.41, 5.74) is 0. The highest BCUT2D eigenvalue weighted by molar-refractivity contribution is 5.71. The fourth-order valence-corrected chi connectivity index (χ4v) is 6.69. The van der Waals surface area contributed by atoms with E-state index in [9.17, 15) is 14.4 Å². The third-order valence-electron chi connectivity index (χ3n) is 10.5. The maximum absolute atomic E-state index is 12.8. The van der Waals surface area contributed by atoms with Crippen LogP contribution >= 0.6 is 0 Å². The molecule has 0 amide bonds. The Labute approximate surface area is 387 Å². The second kappa shape index (κ2) is 51.0. The second-order valence-corrected chi connectivity index (χ2v) is 16.7. The molecule has 0 aromatic rings. The fourth-order valence-electron chi connectivity index (χ4n) is 6.69. The molecule has 0 radical (unpaired) electrons. The number of ether oxygens (including phenoxy) is 3. The van der Waals surface area contributed by atoms with Crippen LogP contribution < -0.4 is 0 Å². The summed E-state index contributed by atoms with van der Waals surface area (Å²) < 4.78 is 16.7. The van der Waals surface area contributed by atoms with E-state index < -0.39 is 6.10 Å². The van der Waals surface area contributed by atoms with Crippen LogP contribution in [0.25, 0.3) is 0 Å². The van der Waals surface area contributed by atoms with Gasteiger partial charge in [0.05, 0.1) is 0 Å². The van der Waals surface area contributed by atoms with Gasteiger partial charge in [-0.3, -0.25) is 14.4 Å². The molecule has 6 heteroatoms. The first kappa shape index (κ1) is 59.3. The molecule has 0 saturated carbocycles. The highest BCUT2D eigenvalue weighted by atomic mass is 16.6. The molecular weight excluding hydrogens is 781 g/mol. The lowest BCUT2D eigenvalue weighted by Crippen LogP contribution is -2.30.